The van der Waals surface area contributed by atoms with Crippen molar-refractivity contribution in [1.29, 1.82) is 0 Å². The first-order valence-electron chi connectivity index (χ1n) is 6.39. The molecule has 2 aliphatic rings. The van der Waals surface area contributed by atoms with Gasteiger partial charge in [0.15, 0.2) is 0 Å². The molecule has 0 aromatic carbocycles. The van der Waals surface area contributed by atoms with E-state index in [1.807, 2.05) is 0 Å². The molecular formula is C13H17N3O2. The van der Waals surface area contributed by atoms with Gasteiger partial charge in [-0.25, -0.2) is 9.97 Å². The lowest BCUT2D eigenvalue weighted by atomic mass is 10.1. The zero-order chi connectivity index (χ0) is 12.2. The smallest absolute Gasteiger partial charge is 0.240 e. The number of rotatable bonds is 3. The molecule has 0 bridgehead atoms. The second-order valence-corrected chi connectivity index (χ2v) is 4.50. The maximum absolute atomic E-state index is 5.94. The quantitative estimate of drug-likeness (QED) is 0.864. The van der Waals surface area contributed by atoms with E-state index < -0.39 is 0 Å². The van der Waals surface area contributed by atoms with Gasteiger partial charge in [-0.15, -0.1) is 0 Å². The first-order chi connectivity index (χ1) is 8.93. The molecule has 1 unspecified atom stereocenters. The Morgan fingerprint density at radius 1 is 1.33 bits per heavy atom. The van der Waals surface area contributed by atoms with Gasteiger partial charge in [0.25, 0.3) is 0 Å². The molecule has 5 nitrogen and oxygen atoms in total. The van der Waals surface area contributed by atoms with Gasteiger partial charge >= 0.3 is 0 Å². The van der Waals surface area contributed by atoms with Crippen molar-refractivity contribution in [3.63, 3.8) is 0 Å². The van der Waals surface area contributed by atoms with Crippen LogP contribution in [0.3, 0.4) is 0 Å². The molecule has 1 fully saturated rings. The van der Waals surface area contributed by atoms with E-state index in [1.54, 1.807) is 12.4 Å². The second-order valence-electron chi connectivity index (χ2n) is 4.50. The number of nitrogens with zero attached hydrogens (tertiary/aromatic N) is 2. The van der Waals surface area contributed by atoms with Crippen LogP contribution in [0.5, 0.6) is 5.88 Å². The Morgan fingerprint density at radius 2 is 2.28 bits per heavy atom. The maximum atomic E-state index is 5.94. The van der Waals surface area contributed by atoms with Crippen LogP contribution in [-0.4, -0.2) is 42.4 Å². The van der Waals surface area contributed by atoms with E-state index in [0.29, 0.717) is 12.5 Å². The molecular weight excluding hydrogens is 230 g/mol. The Balaban J connectivity index is 1.82. The number of hydrogen-bond acceptors (Lipinski definition) is 5. The Morgan fingerprint density at radius 3 is 3.06 bits per heavy atom. The fourth-order valence-electron chi connectivity index (χ4n) is 2.26. The SMILES string of the molecule is C1=C(c2nccnc2OC2CCNC2)CCOC1. The topological polar surface area (TPSA) is 56.3 Å². The molecule has 1 aromatic heterocycles. The molecule has 0 radical (unpaired) electrons. The summed E-state index contributed by atoms with van der Waals surface area (Å²) in [5.74, 6) is 0.652. The third-order valence-electron chi connectivity index (χ3n) is 3.23. The Hall–Kier alpha value is -1.46. The van der Waals surface area contributed by atoms with Gasteiger partial charge in [-0.2, -0.15) is 0 Å². The van der Waals surface area contributed by atoms with E-state index >= 15 is 0 Å². The predicted molar refractivity (Wildman–Crippen MR) is 67.3 cm³/mol. The molecule has 0 aliphatic carbocycles. The summed E-state index contributed by atoms with van der Waals surface area (Å²) in [4.78, 5) is 8.74. The standard InChI is InChI=1S/C13H17N3O2/c1-4-14-9-11(1)18-13-12(15-5-6-16-13)10-2-7-17-8-3-10/h2,5-6,11,14H,1,3-4,7-9H2. The zero-order valence-electron chi connectivity index (χ0n) is 10.3. The zero-order valence-corrected chi connectivity index (χ0v) is 10.3. The molecule has 0 spiro atoms. The summed E-state index contributed by atoms with van der Waals surface area (Å²) >= 11 is 0. The minimum Gasteiger partial charge on any atom is -0.471 e. The lowest BCUT2D eigenvalue weighted by Gasteiger charge is -2.17. The lowest BCUT2D eigenvalue weighted by Crippen LogP contribution is -2.21. The van der Waals surface area contributed by atoms with Gasteiger partial charge in [-0.1, -0.05) is 6.08 Å². The minimum absolute atomic E-state index is 0.209. The van der Waals surface area contributed by atoms with Crippen LogP contribution in [0.25, 0.3) is 5.57 Å². The van der Waals surface area contributed by atoms with E-state index in [4.69, 9.17) is 9.47 Å². The highest BCUT2D eigenvalue weighted by atomic mass is 16.5. The molecule has 1 aromatic rings. The van der Waals surface area contributed by atoms with Crippen LogP contribution in [0.2, 0.25) is 0 Å². The van der Waals surface area contributed by atoms with E-state index in [9.17, 15) is 0 Å². The highest BCUT2D eigenvalue weighted by Crippen LogP contribution is 2.27. The van der Waals surface area contributed by atoms with Crippen LogP contribution >= 0.6 is 0 Å². The van der Waals surface area contributed by atoms with Crippen molar-refractivity contribution in [2.24, 2.45) is 0 Å². The van der Waals surface area contributed by atoms with Crippen LogP contribution in [0.1, 0.15) is 18.5 Å². The first kappa shape index (κ1) is 11.6. The number of hydrogen-bond donors (Lipinski definition) is 1. The number of ether oxygens (including phenoxy) is 2. The summed E-state index contributed by atoms with van der Waals surface area (Å²) in [6.45, 7) is 3.29. The second kappa shape index (κ2) is 5.46. The predicted octanol–water partition coefficient (Wildman–Crippen LogP) is 1.02. The molecule has 1 N–H and O–H groups in total. The van der Waals surface area contributed by atoms with Gasteiger partial charge in [0.2, 0.25) is 5.88 Å². The van der Waals surface area contributed by atoms with Crippen molar-refractivity contribution in [3.05, 3.63) is 24.2 Å². The molecule has 3 rings (SSSR count). The van der Waals surface area contributed by atoms with E-state index in [2.05, 4.69) is 21.4 Å². The van der Waals surface area contributed by atoms with Crippen molar-refractivity contribution < 1.29 is 9.47 Å². The summed E-state index contributed by atoms with van der Waals surface area (Å²) in [6, 6.07) is 0. The van der Waals surface area contributed by atoms with Gasteiger partial charge < -0.3 is 14.8 Å². The minimum atomic E-state index is 0.209. The molecule has 0 amide bonds. The fraction of sp³-hybridized carbons (Fsp3) is 0.538. The van der Waals surface area contributed by atoms with Crippen LogP contribution in [0, 0.1) is 0 Å². The molecule has 96 valence electrons. The largest absolute Gasteiger partial charge is 0.471 e. The molecule has 5 heteroatoms. The highest BCUT2D eigenvalue weighted by molar-refractivity contribution is 5.66. The summed E-state index contributed by atoms with van der Waals surface area (Å²) in [7, 11) is 0. The first-order valence-corrected chi connectivity index (χ1v) is 6.39. The van der Waals surface area contributed by atoms with Gasteiger partial charge in [0.1, 0.15) is 11.8 Å². The Kier molecular flexibility index (Phi) is 3.52. The van der Waals surface area contributed by atoms with Gasteiger partial charge in [0, 0.05) is 18.9 Å². The highest BCUT2D eigenvalue weighted by Gasteiger charge is 2.20. The maximum Gasteiger partial charge on any atom is 0.240 e. The Labute approximate surface area is 106 Å². The normalized spacial score (nSPS) is 23.8. The van der Waals surface area contributed by atoms with Crippen molar-refractivity contribution in [1.82, 2.24) is 15.3 Å². The third kappa shape index (κ3) is 2.52. The molecule has 1 atom stereocenters. The average Bonchev–Trinajstić information content (AvgIpc) is 2.93. The van der Waals surface area contributed by atoms with Crippen molar-refractivity contribution >= 4 is 5.57 Å². The summed E-state index contributed by atoms with van der Waals surface area (Å²) in [6.07, 6.45) is 7.57. The van der Waals surface area contributed by atoms with Gasteiger partial charge in [-0.3, -0.25) is 0 Å². The molecule has 1 saturated heterocycles. The fourth-order valence-corrected chi connectivity index (χ4v) is 2.26. The van der Waals surface area contributed by atoms with Crippen LogP contribution in [-0.2, 0) is 4.74 Å². The van der Waals surface area contributed by atoms with Gasteiger partial charge in [0.05, 0.1) is 13.2 Å². The van der Waals surface area contributed by atoms with Crippen LogP contribution in [0.15, 0.2) is 18.5 Å². The monoisotopic (exact) mass is 247 g/mol. The van der Waals surface area contributed by atoms with E-state index in [0.717, 1.165) is 38.2 Å². The van der Waals surface area contributed by atoms with Crippen molar-refractivity contribution in [3.8, 4) is 5.88 Å². The summed E-state index contributed by atoms with van der Waals surface area (Å²) in [5, 5.41) is 3.28. The van der Waals surface area contributed by atoms with Gasteiger partial charge in [-0.05, 0) is 25.0 Å². The van der Waals surface area contributed by atoms with Crippen LogP contribution in [0.4, 0.5) is 0 Å². The third-order valence-corrected chi connectivity index (χ3v) is 3.23. The van der Waals surface area contributed by atoms with Crippen molar-refractivity contribution in [2.75, 3.05) is 26.3 Å². The molecule has 2 aliphatic heterocycles. The molecule has 0 saturated carbocycles. The van der Waals surface area contributed by atoms with E-state index in [-0.39, 0.29) is 6.10 Å². The lowest BCUT2D eigenvalue weighted by molar-refractivity contribution is 0.161. The molecule has 3 heterocycles. The summed E-state index contributed by atoms with van der Waals surface area (Å²) in [5.41, 5.74) is 2.04. The molecule has 18 heavy (non-hydrogen) atoms. The number of nitrogens with one attached hydrogen (secondary N) is 1. The number of aromatic nitrogens is 2. The van der Waals surface area contributed by atoms with Crippen LogP contribution < -0.4 is 10.1 Å². The Bertz CT molecular complexity index is 442. The summed E-state index contributed by atoms with van der Waals surface area (Å²) < 4.78 is 11.3. The van der Waals surface area contributed by atoms with Crippen molar-refractivity contribution in [2.45, 2.75) is 18.9 Å². The van der Waals surface area contributed by atoms with E-state index in [1.165, 1.54) is 5.57 Å². The average molecular weight is 247 g/mol.